The quantitative estimate of drug-likeness (QED) is 0.439. The van der Waals surface area contributed by atoms with Gasteiger partial charge in [0, 0.05) is 5.56 Å². The zero-order valence-corrected chi connectivity index (χ0v) is 10.6. The van der Waals surface area contributed by atoms with Gasteiger partial charge in [-0.1, -0.05) is 29.8 Å². The highest BCUT2D eigenvalue weighted by atomic mass is 16.5. The smallest absolute Gasteiger partial charge is 0.313 e. The second-order valence-electron chi connectivity index (χ2n) is 3.99. The lowest BCUT2D eigenvalue weighted by atomic mass is 10.0. The van der Waals surface area contributed by atoms with Crippen molar-refractivity contribution in [2.75, 3.05) is 6.61 Å². The van der Waals surface area contributed by atoms with Gasteiger partial charge < -0.3 is 4.74 Å². The molecule has 0 spiro atoms. The Morgan fingerprint density at radius 1 is 1.06 bits per heavy atom. The lowest BCUT2D eigenvalue weighted by molar-refractivity contribution is -0.145. The van der Waals surface area contributed by atoms with Gasteiger partial charge in [0.2, 0.25) is 0 Å². The van der Waals surface area contributed by atoms with Crippen molar-refractivity contribution in [3.63, 3.8) is 0 Å². The molecule has 1 rings (SSSR count). The van der Waals surface area contributed by atoms with Crippen LogP contribution >= 0.6 is 0 Å². The molecule has 0 radical (unpaired) electrons. The molecule has 0 aliphatic heterocycles. The van der Waals surface area contributed by atoms with E-state index in [-0.39, 0.29) is 25.2 Å². The van der Waals surface area contributed by atoms with Crippen LogP contribution in [0.15, 0.2) is 24.3 Å². The first-order valence-electron chi connectivity index (χ1n) is 5.80. The second-order valence-corrected chi connectivity index (χ2v) is 3.99. The molecule has 0 unspecified atom stereocenters. The van der Waals surface area contributed by atoms with Crippen molar-refractivity contribution in [2.24, 2.45) is 0 Å². The maximum absolute atomic E-state index is 11.7. The van der Waals surface area contributed by atoms with Gasteiger partial charge in [-0.05, 0) is 13.8 Å². The average Bonchev–Trinajstić information content (AvgIpc) is 2.29. The first-order valence-corrected chi connectivity index (χ1v) is 5.80. The number of ketones is 2. The van der Waals surface area contributed by atoms with Crippen molar-refractivity contribution >= 4 is 17.5 Å². The number of aryl methyl sites for hydroxylation is 1. The largest absolute Gasteiger partial charge is 0.466 e. The molecule has 0 saturated carbocycles. The predicted octanol–water partition coefficient (Wildman–Crippen LogP) is 2.09. The molecule has 0 amide bonds. The number of ether oxygens (including phenoxy) is 1. The van der Waals surface area contributed by atoms with Gasteiger partial charge in [0.15, 0.2) is 11.6 Å². The van der Waals surface area contributed by atoms with E-state index in [1.54, 1.807) is 19.1 Å². The number of rotatable bonds is 6. The fourth-order valence-corrected chi connectivity index (χ4v) is 1.46. The third-order valence-electron chi connectivity index (χ3n) is 2.38. The molecule has 18 heavy (non-hydrogen) atoms. The average molecular weight is 248 g/mol. The van der Waals surface area contributed by atoms with E-state index in [0.717, 1.165) is 5.56 Å². The number of Topliss-reactive ketones (excluding diaryl/α,β-unsaturated/α-hetero) is 2. The summed E-state index contributed by atoms with van der Waals surface area (Å²) in [5, 5.41) is 0. The van der Waals surface area contributed by atoms with Crippen LogP contribution in [-0.4, -0.2) is 24.1 Å². The lowest BCUT2D eigenvalue weighted by Gasteiger charge is -2.02. The summed E-state index contributed by atoms with van der Waals surface area (Å²) in [7, 11) is 0. The van der Waals surface area contributed by atoms with E-state index in [4.69, 9.17) is 0 Å². The monoisotopic (exact) mass is 248 g/mol. The number of carbonyl (C=O) groups excluding carboxylic acids is 3. The van der Waals surface area contributed by atoms with E-state index in [0.29, 0.717) is 5.56 Å². The van der Waals surface area contributed by atoms with Crippen LogP contribution in [0.5, 0.6) is 0 Å². The molecule has 4 heteroatoms. The fourth-order valence-electron chi connectivity index (χ4n) is 1.46. The summed E-state index contributed by atoms with van der Waals surface area (Å²) < 4.78 is 4.64. The molecule has 0 fully saturated rings. The highest BCUT2D eigenvalue weighted by Gasteiger charge is 2.15. The molecule has 0 N–H and O–H groups in total. The van der Waals surface area contributed by atoms with Gasteiger partial charge in [-0.25, -0.2) is 0 Å². The second kappa shape index (κ2) is 6.69. The van der Waals surface area contributed by atoms with Gasteiger partial charge in [0.25, 0.3) is 0 Å². The van der Waals surface area contributed by atoms with Crippen LogP contribution < -0.4 is 0 Å². The number of carbonyl (C=O) groups is 3. The van der Waals surface area contributed by atoms with Gasteiger partial charge in [0.1, 0.15) is 6.42 Å². The Hall–Kier alpha value is -1.97. The Morgan fingerprint density at radius 2 is 1.67 bits per heavy atom. The number of hydrogen-bond acceptors (Lipinski definition) is 4. The molecule has 0 atom stereocenters. The van der Waals surface area contributed by atoms with Crippen LogP contribution in [0.2, 0.25) is 0 Å². The molecule has 0 saturated heterocycles. The minimum Gasteiger partial charge on any atom is -0.466 e. The van der Waals surface area contributed by atoms with Crippen molar-refractivity contribution in [2.45, 2.75) is 26.7 Å². The van der Waals surface area contributed by atoms with Crippen LogP contribution in [0.3, 0.4) is 0 Å². The molecule has 0 aliphatic carbocycles. The van der Waals surface area contributed by atoms with Crippen molar-refractivity contribution < 1.29 is 19.1 Å². The maximum Gasteiger partial charge on any atom is 0.313 e. The zero-order chi connectivity index (χ0) is 13.5. The molecule has 0 heterocycles. The molecular formula is C14H16O4. The van der Waals surface area contributed by atoms with Crippen LogP contribution in [0.1, 0.15) is 35.7 Å². The van der Waals surface area contributed by atoms with Crippen LogP contribution in [0, 0.1) is 6.92 Å². The Labute approximate surface area is 106 Å². The standard InChI is InChI=1S/C14H16O4/c1-3-18-14(17)9-12(15)8-13(16)11-6-4-10(2)5-7-11/h4-7H,3,8-9H2,1-2H3. The number of benzene rings is 1. The van der Waals surface area contributed by atoms with Gasteiger partial charge in [0.05, 0.1) is 13.0 Å². The van der Waals surface area contributed by atoms with E-state index in [1.807, 2.05) is 19.1 Å². The SMILES string of the molecule is CCOC(=O)CC(=O)CC(=O)c1ccc(C)cc1. The lowest BCUT2D eigenvalue weighted by Crippen LogP contribution is -2.14. The third kappa shape index (κ3) is 4.49. The summed E-state index contributed by atoms with van der Waals surface area (Å²) in [6, 6.07) is 6.97. The molecule has 1 aromatic carbocycles. The summed E-state index contributed by atoms with van der Waals surface area (Å²) in [5.74, 6) is -1.28. The minimum atomic E-state index is -0.584. The van der Waals surface area contributed by atoms with Gasteiger partial charge >= 0.3 is 5.97 Å². The van der Waals surface area contributed by atoms with Crippen LogP contribution in [-0.2, 0) is 14.3 Å². The third-order valence-corrected chi connectivity index (χ3v) is 2.38. The Balaban J connectivity index is 2.52. The van der Waals surface area contributed by atoms with E-state index in [9.17, 15) is 14.4 Å². The number of esters is 1. The van der Waals surface area contributed by atoms with Crippen molar-refractivity contribution in [1.82, 2.24) is 0 Å². The van der Waals surface area contributed by atoms with Crippen LogP contribution in [0.4, 0.5) is 0 Å². The highest BCUT2D eigenvalue weighted by Crippen LogP contribution is 2.07. The summed E-state index contributed by atoms with van der Waals surface area (Å²) in [5.41, 5.74) is 1.53. The summed E-state index contributed by atoms with van der Waals surface area (Å²) in [6.45, 7) is 3.82. The van der Waals surface area contributed by atoms with E-state index in [1.165, 1.54) is 0 Å². The molecule has 96 valence electrons. The first kappa shape index (κ1) is 14.1. The summed E-state index contributed by atoms with van der Waals surface area (Å²) in [6.07, 6.45) is -0.604. The topological polar surface area (TPSA) is 60.4 Å². The van der Waals surface area contributed by atoms with Crippen molar-refractivity contribution in [1.29, 1.82) is 0 Å². The molecule has 4 nitrogen and oxygen atoms in total. The van der Waals surface area contributed by atoms with Crippen molar-refractivity contribution in [3.05, 3.63) is 35.4 Å². The summed E-state index contributed by atoms with van der Waals surface area (Å²) in [4.78, 5) is 34.3. The zero-order valence-electron chi connectivity index (χ0n) is 10.6. The maximum atomic E-state index is 11.7. The molecule has 1 aromatic rings. The van der Waals surface area contributed by atoms with Gasteiger partial charge in [-0.3, -0.25) is 14.4 Å². The molecule has 0 bridgehead atoms. The normalized spacial score (nSPS) is 9.89. The van der Waals surface area contributed by atoms with Gasteiger partial charge in [-0.15, -0.1) is 0 Å². The van der Waals surface area contributed by atoms with Crippen molar-refractivity contribution in [3.8, 4) is 0 Å². The van der Waals surface area contributed by atoms with E-state index in [2.05, 4.69) is 4.74 Å². The van der Waals surface area contributed by atoms with Crippen LogP contribution in [0.25, 0.3) is 0 Å². The molecular weight excluding hydrogens is 232 g/mol. The van der Waals surface area contributed by atoms with E-state index < -0.39 is 11.8 Å². The molecule has 0 aliphatic rings. The fraction of sp³-hybridized carbons (Fsp3) is 0.357. The Morgan fingerprint density at radius 3 is 2.22 bits per heavy atom. The highest BCUT2D eigenvalue weighted by molar-refractivity contribution is 6.11. The summed E-state index contributed by atoms with van der Waals surface area (Å²) >= 11 is 0. The first-order chi connectivity index (χ1) is 8.52. The molecule has 0 aromatic heterocycles. The van der Waals surface area contributed by atoms with Gasteiger partial charge in [-0.2, -0.15) is 0 Å². The number of hydrogen-bond donors (Lipinski definition) is 0. The predicted molar refractivity (Wildman–Crippen MR) is 66.4 cm³/mol. The Bertz CT molecular complexity index is 445. The minimum absolute atomic E-state index is 0.234. The Kier molecular flexibility index (Phi) is 5.24. The van der Waals surface area contributed by atoms with E-state index >= 15 is 0 Å².